The molecule has 1 amide bonds. The van der Waals surface area contributed by atoms with Crippen molar-refractivity contribution in [2.24, 2.45) is 0 Å². The van der Waals surface area contributed by atoms with Gasteiger partial charge in [-0.25, -0.2) is 0 Å². The molecule has 0 aromatic carbocycles. The van der Waals surface area contributed by atoms with E-state index in [2.05, 4.69) is 0 Å². The molecule has 2 atom stereocenters. The normalized spacial score (nSPS) is 25.3. The van der Waals surface area contributed by atoms with E-state index in [9.17, 15) is 4.79 Å². The van der Waals surface area contributed by atoms with Crippen LogP contribution >= 0.6 is 0 Å². The number of methoxy groups -OCH3 is 1. The van der Waals surface area contributed by atoms with E-state index in [0.29, 0.717) is 6.42 Å². The van der Waals surface area contributed by atoms with Crippen molar-refractivity contribution in [3.63, 3.8) is 0 Å². The first kappa shape index (κ1) is 12.5. The first-order valence-electron chi connectivity index (χ1n) is 5.56. The molecule has 0 radical (unpaired) electrons. The number of nitrogens with zero attached hydrogens (tertiary/aromatic N) is 1. The van der Waals surface area contributed by atoms with Gasteiger partial charge in [-0.2, -0.15) is 0 Å². The smallest absolute Gasteiger partial charge is 0.254 e. The summed E-state index contributed by atoms with van der Waals surface area (Å²) in [6.45, 7) is 4.53. The molecule has 1 unspecified atom stereocenters. The molecule has 1 rings (SSSR count). The second-order valence-electron chi connectivity index (χ2n) is 4.27. The number of aliphatic hydroxyl groups excluding tert-OH is 1. The van der Waals surface area contributed by atoms with Gasteiger partial charge >= 0.3 is 0 Å². The molecule has 15 heavy (non-hydrogen) atoms. The van der Waals surface area contributed by atoms with Gasteiger partial charge in [-0.3, -0.25) is 4.79 Å². The number of carbonyl (C=O) groups excluding carboxylic acids is 1. The lowest BCUT2D eigenvalue weighted by Gasteiger charge is -2.33. The first-order chi connectivity index (χ1) is 7.09. The zero-order chi connectivity index (χ0) is 11.5. The molecular formula is C11H21NO3. The lowest BCUT2D eigenvalue weighted by molar-refractivity contribution is -0.155. The standard InChI is InChI=1S/C11H21NO3/c1-4-11(2,15-3)10(14)12-7-5-6-9(12)8-13/h9,13H,4-8H2,1-3H3/t9-,11?/m1/s1. The van der Waals surface area contributed by atoms with E-state index in [1.165, 1.54) is 0 Å². The molecule has 1 N–H and O–H groups in total. The van der Waals surface area contributed by atoms with Crippen molar-refractivity contribution in [1.29, 1.82) is 0 Å². The number of aliphatic hydroxyl groups is 1. The third-order valence-electron chi connectivity index (χ3n) is 3.43. The monoisotopic (exact) mass is 215 g/mol. The first-order valence-corrected chi connectivity index (χ1v) is 5.56. The minimum absolute atomic E-state index is 0.00375. The summed E-state index contributed by atoms with van der Waals surface area (Å²) in [6, 6.07) is -0.0153. The summed E-state index contributed by atoms with van der Waals surface area (Å²) < 4.78 is 5.28. The number of likely N-dealkylation sites (tertiary alicyclic amines) is 1. The number of amides is 1. The number of hydrogen-bond donors (Lipinski definition) is 1. The van der Waals surface area contributed by atoms with Gasteiger partial charge in [0.15, 0.2) is 0 Å². The Kier molecular flexibility index (Phi) is 4.11. The van der Waals surface area contributed by atoms with Crippen molar-refractivity contribution in [1.82, 2.24) is 4.90 Å². The Bertz CT molecular complexity index is 226. The van der Waals surface area contributed by atoms with E-state index >= 15 is 0 Å². The second kappa shape index (κ2) is 4.94. The molecule has 0 saturated carbocycles. The van der Waals surface area contributed by atoms with E-state index in [1.54, 1.807) is 12.0 Å². The molecule has 1 heterocycles. The Labute approximate surface area is 91.2 Å². The molecule has 0 aromatic rings. The molecule has 1 saturated heterocycles. The predicted octanol–water partition coefficient (Wildman–Crippen LogP) is 0.785. The average Bonchev–Trinajstić information content (AvgIpc) is 2.74. The molecule has 1 aliphatic rings. The predicted molar refractivity (Wildman–Crippen MR) is 57.5 cm³/mol. The highest BCUT2D eigenvalue weighted by molar-refractivity contribution is 5.85. The highest BCUT2D eigenvalue weighted by atomic mass is 16.5. The van der Waals surface area contributed by atoms with Crippen LogP contribution in [0, 0.1) is 0 Å². The van der Waals surface area contributed by atoms with Crippen LogP contribution in [0.4, 0.5) is 0 Å². The van der Waals surface area contributed by atoms with Crippen LogP contribution in [0.15, 0.2) is 0 Å². The van der Waals surface area contributed by atoms with Gasteiger partial charge in [0.05, 0.1) is 12.6 Å². The maximum Gasteiger partial charge on any atom is 0.254 e. The number of hydrogen-bond acceptors (Lipinski definition) is 3. The van der Waals surface area contributed by atoms with Gasteiger partial charge in [0, 0.05) is 13.7 Å². The van der Waals surface area contributed by atoms with Crippen LogP contribution in [0.1, 0.15) is 33.1 Å². The summed E-state index contributed by atoms with van der Waals surface area (Å²) in [5, 5.41) is 9.16. The van der Waals surface area contributed by atoms with Gasteiger partial charge in [-0.1, -0.05) is 6.92 Å². The molecule has 0 aromatic heterocycles. The highest BCUT2D eigenvalue weighted by Crippen LogP contribution is 2.24. The Hall–Kier alpha value is -0.610. The SMILES string of the molecule is CCC(C)(OC)C(=O)N1CCC[C@@H]1CO. The van der Waals surface area contributed by atoms with E-state index in [-0.39, 0.29) is 18.6 Å². The van der Waals surface area contributed by atoms with Gasteiger partial charge < -0.3 is 14.7 Å². The summed E-state index contributed by atoms with van der Waals surface area (Å²) in [6.07, 6.45) is 2.52. The summed E-state index contributed by atoms with van der Waals surface area (Å²) in [4.78, 5) is 13.9. The number of rotatable bonds is 4. The molecule has 0 aliphatic carbocycles. The fourth-order valence-corrected chi connectivity index (χ4v) is 1.98. The summed E-state index contributed by atoms with van der Waals surface area (Å²) >= 11 is 0. The quantitative estimate of drug-likeness (QED) is 0.754. The summed E-state index contributed by atoms with van der Waals surface area (Å²) in [7, 11) is 1.56. The fourth-order valence-electron chi connectivity index (χ4n) is 1.98. The minimum atomic E-state index is -0.738. The van der Waals surface area contributed by atoms with Crippen LogP contribution in [-0.2, 0) is 9.53 Å². The topological polar surface area (TPSA) is 49.8 Å². The molecule has 0 spiro atoms. The van der Waals surface area contributed by atoms with Crippen LogP contribution in [-0.4, -0.2) is 47.8 Å². The third-order valence-corrected chi connectivity index (χ3v) is 3.43. The molecule has 1 aliphatic heterocycles. The fraction of sp³-hybridized carbons (Fsp3) is 0.909. The van der Waals surface area contributed by atoms with Gasteiger partial charge in [-0.05, 0) is 26.2 Å². The zero-order valence-corrected chi connectivity index (χ0v) is 9.82. The van der Waals surface area contributed by atoms with Crippen molar-refractivity contribution >= 4 is 5.91 Å². The largest absolute Gasteiger partial charge is 0.394 e. The van der Waals surface area contributed by atoms with Crippen molar-refractivity contribution in [2.45, 2.75) is 44.8 Å². The second-order valence-corrected chi connectivity index (χ2v) is 4.27. The molecule has 88 valence electrons. The Morgan fingerprint density at radius 1 is 1.67 bits per heavy atom. The van der Waals surface area contributed by atoms with E-state index < -0.39 is 5.60 Å². The molecular weight excluding hydrogens is 194 g/mol. The molecule has 4 nitrogen and oxygen atoms in total. The van der Waals surface area contributed by atoms with E-state index in [0.717, 1.165) is 19.4 Å². The Morgan fingerprint density at radius 3 is 2.80 bits per heavy atom. The maximum absolute atomic E-state index is 12.2. The van der Waals surface area contributed by atoms with Crippen molar-refractivity contribution < 1.29 is 14.6 Å². The Balaban J connectivity index is 2.74. The molecule has 0 bridgehead atoms. The molecule has 4 heteroatoms. The van der Waals surface area contributed by atoms with Crippen molar-refractivity contribution in [2.75, 3.05) is 20.3 Å². The van der Waals surface area contributed by atoms with Crippen LogP contribution in [0.3, 0.4) is 0 Å². The summed E-state index contributed by atoms with van der Waals surface area (Å²) in [5.41, 5.74) is -0.738. The summed E-state index contributed by atoms with van der Waals surface area (Å²) in [5.74, 6) is 0.00375. The highest BCUT2D eigenvalue weighted by Gasteiger charge is 2.39. The molecule has 1 fully saturated rings. The minimum Gasteiger partial charge on any atom is -0.394 e. The maximum atomic E-state index is 12.2. The third kappa shape index (κ3) is 2.32. The zero-order valence-electron chi connectivity index (χ0n) is 9.82. The lowest BCUT2D eigenvalue weighted by Crippen LogP contribution is -2.50. The van der Waals surface area contributed by atoms with Crippen molar-refractivity contribution in [3.8, 4) is 0 Å². The van der Waals surface area contributed by atoms with Gasteiger partial charge in [-0.15, -0.1) is 0 Å². The van der Waals surface area contributed by atoms with Gasteiger partial charge in [0.25, 0.3) is 5.91 Å². The van der Waals surface area contributed by atoms with E-state index in [1.807, 2.05) is 13.8 Å². The lowest BCUT2D eigenvalue weighted by atomic mass is 10.0. The van der Waals surface area contributed by atoms with Crippen LogP contribution in [0.2, 0.25) is 0 Å². The van der Waals surface area contributed by atoms with Crippen LogP contribution < -0.4 is 0 Å². The Morgan fingerprint density at radius 2 is 2.33 bits per heavy atom. The number of ether oxygens (including phenoxy) is 1. The van der Waals surface area contributed by atoms with Gasteiger partial charge in [0.1, 0.15) is 5.60 Å². The van der Waals surface area contributed by atoms with Gasteiger partial charge in [0.2, 0.25) is 0 Å². The van der Waals surface area contributed by atoms with Crippen LogP contribution in [0.5, 0.6) is 0 Å². The average molecular weight is 215 g/mol. The van der Waals surface area contributed by atoms with E-state index in [4.69, 9.17) is 9.84 Å². The van der Waals surface area contributed by atoms with Crippen molar-refractivity contribution in [3.05, 3.63) is 0 Å². The number of carbonyl (C=O) groups is 1. The van der Waals surface area contributed by atoms with Crippen LogP contribution in [0.25, 0.3) is 0 Å².